The second-order valence-electron chi connectivity index (χ2n) is 6.09. The van der Waals surface area contributed by atoms with Gasteiger partial charge in [0.25, 0.3) is 0 Å². The summed E-state index contributed by atoms with van der Waals surface area (Å²) in [7, 11) is 1.28. The van der Waals surface area contributed by atoms with Crippen molar-refractivity contribution in [3.63, 3.8) is 0 Å². The molecular formula is C17H21F3N2O4. The molecule has 0 spiro atoms. The number of hydrogen-bond acceptors (Lipinski definition) is 5. The van der Waals surface area contributed by atoms with E-state index >= 15 is 0 Å². The molecular weight excluding hydrogens is 353 g/mol. The van der Waals surface area contributed by atoms with Crippen LogP contribution in [0.2, 0.25) is 0 Å². The molecule has 1 saturated heterocycles. The maximum Gasteiger partial charge on any atom is 0.474 e. The molecule has 0 atom stereocenters. The van der Waals surface area contributed by atoms with E-state index in [9.17, 15) is 22.8 Å². The number of methoxy groups -OCH3 is 1. The molecule has 0 unspecified atom stereocenters. The fourth-order valence-corrected chi connectivity index (χ4v) is 3.03. The second-order valence-corrected chi connectivity index (χ2v) is 6.09. The normalized spacial score (nSPS) is 15.5. The van der Waals surface area contributed by atoms with Gasteiger partial charge in [-0.05, 0) is 62.0 Å². The van der Waals surface area contributed by atoms with Crippen molar-refractivity contribution in [1.29, 1.82) is 0 Å². The van der Waals surface area contributed by atoms with E-state index in [1.807, 2.05) is 0 Å². The Labute approximate surface area is 149 Å². The van der Waals surface area contributed by atoms with Crippen LogP contribution in [0, 0.1) is 6.92 Å². The molecule has 26 heavy (non-hydrogen) atoms. The lowest BCUT2D eigenvalue weighted by atomic mass is 9.87. The van der Waals surface area contributed by atoms with E-state index in [-0.39, 0.29) is 22.4 Å². The van der Waals surface area contributed by atoms with Crippen molar-refractivity contribution in [1.82, 2.24) is 5.32 Å². The van der Waals surface area contributed by atoms with Crippen molar-refractivity contribution in [3.8, 4) is 5.75 Å². The smallest absolute Gasteiger partial charge is 0.474 e. The summed E-state index contributed by atoms with van der Waals surface area (Å²) in [4.78, 5) is 27.5. The lowest BCUT2D eigenvalue weighted by molar-refractivity contribution is -0.180. The van der Waals surface area contributed by atoms with E-state index in [1.165, 1.54) is 13.2 Å². The van der Waals surface area contributed by atoms with Crippen LogP contribution in [0.3, 0.4) is 0 Å². The molecule has 0 saturated carbocycles. The average molecular weight is 374 g/mol. The number of carbonyl (C=O) groups excluding carboxylic acids is 2. The van der Waals surface area contributed by atoms with Gasteiger partial charge < -0.3 is 14.9 Å². The predicted octanol–water partition coefficient (Wildman–Crippen LogP) is 2.84. The number of piperidine rings is 1. The minimum Gasteiger partial charge on any atom is -0.494 e. The standard InChI is InChI=1S/C17H21F3N2O4/c1-10-8-14(22(26-11(2)23)16(24)17(18,19)20)15(25-3)9-13(10)12-4-6-21-7-5-12/h8-9,12,21H,4-7H2,1-3H3. The molecule has 2 rings (SSSR count). The third-order valence-electron chi connectivity index (χ3n) is 4.21. The summed E-state index contributed by atoms with van der Waals surface area (Å²) < 4.78 is 43.9. The summed E-state index contributed by atoms with van der Waals surface area (Å²) in [6, 6.07) is 2.99. The Balaban J connectivity index is 2.49. The molecule has 0 aromatic heterocycles. The summed E-state index contributed by atoms with van der Waals surface area (Å²) in [6.45, 7) is 4.35. The number of amides is 1. The molecule has 144 valence electrons. The van der Waals surface area contributed by atoms with Gasteiger partial charge in [0, 0.05) is 6.92 Å². The number of benzene rings is 1. The third-order valence-corrected chi connectivity index (χ3v) is 4.21. The van der Waals surface area contributed by atoms with Crippen LogP contribution in [-0.4, -0.2) is 38.3 Å². The van der Waals surface area contributed by atoms with Crippen molar-refractivity contribution < 1.29 is 32.3 Å². The number of alkyl halides is 3. The molecule has 1 aliphatic heterocycles. The topological polar surface area (TPSA) is 67.9 Å². The number of rotatable bonds is 3. The van der Waals surface area contributed by atoms with Gasteiger partial charge in [-0.2, -0.15) is 13.2 Å². The monoisotopic (exact) mass is 374 g/mol. The number of anilines is 1. The predicted molar refractivity (Wildman–Crippen MR) is 87.9 cm³/mol. The Morgan fingerprint density at radius 3 is 2.35 bits per heavy atom. The van der Waals surface area contributed by atoms with Gasteiger partial charge in [-0.15, -0.1) is 5.06 Å². The molecule has 9 heteroatoms. The van der Waals surface area contributed by atoms with Gasteiger partial charge >= 0.3 is 18.1 Å². The molecule has 1 aromatic carbocycles. The minimum absolute atomic E-state index is 0.0305. The number of halogens is 3. The molecule has 1 aliphatic rings. The van der Waals surface area contributed by atoms with Crippen molar-refractivity contribution in [3.05, 3.63) is 23.3 Å². The Morgan fingerprint density at radius 2 is 1.85 bits per heavy atom. The number of aryl methyl sites for hydroxylation is 1. The SMILES string of the molecule is COc1cc(C2CCNCC2)c(C)cc1N(OC(C)=O)C(=O)C(F)(F)F. The van der Waals surface area contributed by atoms with Crippen LogP contribution in [0.15, 0.2) is 12.1 Å². The number of nitrogens with zero attached hydrogens (tertiary/aromatic N) is 1. The van der Waals surface area contributed by atoms with Crippen LogP contribution in [0.1, 0.15) is 36.8 Å². The summed E-state index contributed by atoms with van der Waals surface area (Å²) >= 11 is 0. The molecule has 6 nitrogen and oxygen atoms in total. The zero-order valence-corrected chi connectivity index (χ0v) is 14.8. The first-order valence-electron chi connectivity index (χ1n) is 8.14. The average Bonchev–Trinajstić information content (AvgIpc) is 2.58. The quantitative estimate of drug-likeness (QED) is 0.824. The van der Waals surface area contributed by atoms with Gasteiger partial charge in [0.1, 0.15) is 11.4 Å². The molecule has 0 aliphatic carbocycles. The van der Waals surface area contributed by atoms with Crippen LogP contribution in [0.5, 0.6) is 5.75 Å². The highest BCUT2D eigenvalue weighted by Crippen LogP contribution is 2.38. The lowest BCUT2D eigenvalue weighted by Gasteiger charge is -2.28. The number of hydroxylamine groups is 1. The zero-order valence-electron chi connectivity index (χ0n) is 14.8. The maximum absolute atomic E-state index is 12.9. The summed E-state index contributed by atoms with van der Waals surface area (Å²) in [5, 5.41) is 3.19. The van der Waals surface area contributed by atoms with E-state index in [1.54, 1.807) is 13.0 Å². The van der Waals surface area contributed by atoms with Gasteiger partial charge in [0.2, 0.25) is 0 Å². The van der Waals surface area contributed by atoms with Crippen LogP contribution < -0.4 is 15.1 Å². The highest BCUT2D eigenvalue weighted by atomic mass is 19.4. The molecule has 1 N–H and O–H groups in total. The fourth-order valence-electron chi connectivity index (χ4n) is 3.03. The molecule has 0 radical (unpaired) electrons. The zero-order chi connectivity index (χ0) is 19.5. The van der Waals surface area contributed by atoms with Crippen molar-refractivity contribution in [2.45, 2.75) is 38.8 Å². The van der Waals surface area contributed by atoms with E-state index in [4.69, 9.17) is 4.74 Å². The molecule has 0 bridgehead atoms. The minimum atomic E-state index is -5.21. The number of hydrogen-bond donors (Lipinski definition) is 1. The van der Waals surface area contributed by atoms with Gasteiger partial charge in [-0.3, -0.25) is 4.79 Å². The fraction of sp³-hybridized carbons (Fsp3) is 0.529. The largest absolute Gasteiger partial charge is 0.494 e. The van der Waals surface area contributed by atoms with Crippen LogP contribution >= 0.6 is 0 Å². The Hall–Kier alpha value is -2.29. The highest BCUT2D eigenvalue weighted by molar-refractivity contribution is 5.98. The van der Waals surface area contributed by atoms with Gasteiger partial charge in [0.15, 0.2) is 0 Å². The summed E-state index contributed by atoms with van der Waals surface area (Å²) in [5.41, 5.74) is 1.37. The van der Waals surface area contributed by atoms with Crippen molar-refractivity contribution in [2.75, 3.05) is 25.3 Å². The van der Waals surface area contributed by atoms with Crippen LogP contribution in [0.4, 0.5) is 18.9 Å². The molecule has 1 fully saturated rings. The first-order valence-corrected chi connectivity index (χ1v) is 8.14. The summed E-state index contributed by atoms with van der Waals surface area (Å²) in [5.74, 6) is -3.09. The van der Waals surface area contributed by atoms with Crippen LogP contribution in [-0.2, 0) is 14.4 Å². The van der Waals surface area contributed by atoms with Gasteiger partial charge in [0.05, 0.1) is 7.11 Å². The Morgan fingerprint density at radius 1 is 1.23 bits per heavy atom. The maximum atomic E-state index is 12.9. The number of ether oxygens (including phenoxy) is 1. The number of nitrogens with one attached hydrogen (secondary N) is 1. The van der Waals surface area contributed by atoms with E-state index in [0.29, 0.717) is 5.56 Å². The third kappa shape index (κ3) is 4.46. The first-order chi connectivity index (χ1) is 12.1. The van der Waals surface area contributed by atoms with E-state index < -0.39 is 18.1 Å². The lowest BCUT2D eigenvalue weighted by Crippen LogP contribution is -2.42. The van der Waals surface area contributed by atoms with E-state index in [0.717, 1.165) is 38.4 Å². The second kappa shape index (κ2) is 7.94. The number of carbonyl (C=O) groups is 2. The Kier molecular flexibility index (Phi) is 6.12. The first kappa shape index (κ1) is 20.0. The van der Waals surface area contributed by atoms with Crippen molar-refractivity contribution in [2.24, 2.45) is 0 Å². The van der Waals surface area contributed by atoms with Gasteiger partial charge in [-0.25, -0.2) is 4.79 Å². The molecule has 1 aromatic rings. The molecule has 1 amide bonds. The van der Waals surface area contributed by atoms with Crippen molar-refractivity contribution >= 4 is 17.6 Å². The molecule has 1 heterocycles. The highest BCUT2D eigenvalue weighted by Gasteiger charge is 2.46. The van der Waals surface area contributed by atoms with Gasteiger partial charge in [-0.1, -0.05) is 0 Å². The van der Waals surface area contributed by atoms with E-state index in [2.05, 4.69) is 10.2 Å². The summed E-state index contributed by atoms with van der Waals surface area (Å²) in [6.07, 6.45) is -3.43. The Bertz CT molecular complexity index is 685. The van der Waals surface area contributed by atoms with Crippen LogP contribution in [0.25, 0.3) is 0 Å².